The van der Waals surface area contributed by atoms with Crippen LogP contribution in [0.2, 0.25) is 0 Å². The van der Waals surface area contributed by atoms with Gasteiger partial charge < -0.3 is 10.6 Å². The van der Waals surface area contributed by atoms with E-state index in [1.165, 1.54) is 4.90 Å². The Bertz CT molecular complexity index is 518. The first-order valence-corrected chi connectivity index (χ1v) is 7.46. The van der Waals surface area contributed by atoms with E-state index < -0.39 is 0 Å². The van der Waals surface area contributed by atoms with Crippen LogP contribution in [-0.4, -0.2) is 34.4 Å². The molecule has 6 nitrogen and oxygen atoms in total. The molecule has 2 N–H and O–H groups in total. The molecule has 0 aliphatic carbocycles. The zero-order valence-electron chi connectivity index (χ0n) is 12.6. The number of rotatable bonds is 7. The Kier molecular flexibility index (Phi) is 5.14. The van der Waals surface area contributed by atoms with E-state index in [0.29, 0.717) is 12.1 Å². The molecule has 2 rings (SSSR count). The first-order chi connectivity index (χ1) is 10.2. The minimum Gasteiger partial charge on any atom is -0.385 e. The third-order valence-electron chi connectivity index (χ3n) is 3.40. The summed E-state index contributed by atoms with van der Waals surface area (Å²) in [7, 11) is 0. The minimum atomic E-state index is -0.385. The van der Waals surface area contributed by atoms with Crippen molar-refractivity contribution in [3.05, 3.63) is 24.0 Å². The van der Waals surface area contributed by atoms with Gasteiger partial charge in [0, 0.05) is 18.4 Å². The molecular weight excluding hydrogens is 268 g/mol. The molecular formula is C15H22N4O2. The van der Waals surface area contributed by atoms with Crippen molar-refractivity contribution in [1.82, 2.24) is 15.2 Å². The Morgan fingerprint density at radius 1 is 1.33 bits per heavy atom. The van der Waals surface area contributed by atoms with Gasteiger partial charge in [-0.15, -0.1) is 0 Å². The first-order valence-electron chi connectivity index (χ1n) is 7.46. The summed E-state index contributed by atoms with van der Waals surface area (Å²) >= 11 is 0. The standard InChI is InChI=1S/C15H22N4O2/c1-3-5-13-14(20)19(15(21)18-13)10-12-9-11(6-8-17-12)16-7-4-2/h6,8-9,13H,3-5,7,10H2,1-2H3,(H,16,17)(H,18,21). The molecule has 1 fully saturated rings. The topological polar surface area (TPSA) is 74.3 Å². The molecule has 0 aromatic carbocycles. The van der Waals surface area contributed by atoms with Crippen molar-refractivity contribution < 1.29 is 9.59 Å². The molecule has 1 aromatic rings. The van der Waals surface area contributed by atoms with Gasteiger partial charge in [-0.05, 0) is 25.0 Å². The average molecular weight is 290 g/mol. The number of pyridine rings is 1. The van der Waals surface area contributed by atoms with E-state index in [4.69, 9.17) is 0 Å². The first kappa shape index (κ1) is 15.3. The summed E-state index contributed by atoms with van der Waals surface area (Å²) in [5.74, 6) is -0.157. The Morgan fingerprint density at radius 2 is 2.14 bits per heavy atom. The summed E-state index contributed by atoms with van der Waals surface area (Å²) in [5.41, 5.74) is 1.66. The Morgan fingerprint density at radius 3 is 2.86 bits per heavy atom. The number of aromatic nitrogens is 1. The van der Waals surface area contributed by atoms with E-state index in [-0.39, 0.29) is 24.5 Å². The highest BCUT2D eigenvalue weighted by Crippen LogP contribution is 2.16. The van der Waals surface area contributed by atoms with E-state index in [9.17, 15) is 9.59 Å². The van der Waals surface area contributed by atoms with Crippen molar-refractivity contribution in [3.8, 4) is 0 Å². The molecule has 1 unspecified atom stereocenters. The zero-order chi connectivity index (χ0) is 15.2. The van der Waals surface area contributed by atoms with Gasteiger partial charge in [-0.1, -0.05) is 20.3 Å². The number of urea groups is 1. The summed E-state index contributed by atoms with van der Waals surface area (Å²) in [6, 6.07) is 3.05. The molecule has 6 heteroatoms. The van der Waals surface area contributed by atoms with Gasteiger partial charge in [0.05, 0.1) is 12.2 Å². The van der Waals surface area contributed by atoms with Gasteiger partial charge in [0.2, 0.25) is 0 Å². The lowest BCUT2D eigenvalue weighted by Gasteiger charge is -2.13. The summed E-state index contributed by atoms with van der Waals surface area (Å²) in [4.78, 5) is 29.5. The molecule has 1 atom stereocenters. The highest BCUT2D eigenvalue weighted by Gasteiger charge is 2.37. The lowest BCUT2D eigenvalue weighted by molar-refractivity contribution is -0.128. The molecule has 0 spiro atoms. The molecule has 3 amide bonds. The predicted molar refractivity (Wildman–Crippen MR) is 80.8 cm³/mol. The van der Waals surface area contributed by atoms with Crippen LogP contribution in [-0.2, 0) is 11.3 Å². The molecule has 114 valence electrons. The number of nitrogens with one attached hydrogen (secondary N) is 2. The van der Waals surface area contributed by atoms with E-state index in [0.717, 1.165) is 25.1 Å². The van der Waals surface area contributed by atoms with Crippen LogP contribution in [0.3, 0.4) is 0 Å². The average Bonchev–Trinajstić information content (AvgIpc) is 2.74. The van der Waals surface area contributed by atoms with Crippen LogP contribution < -0.4 is 10.6 Å². The Hall–Kier alpha value is -2.11. The van der Waals surface area contributed by atoms with Crippen LogP contribution in [0.5, 0.6) is 0 Å². The lowest BCUT2D eigenvalue weighted by atomic mass is 10.1. The molecule has 0 radical (unpaired) electrons. The largest absolute Gasteiger partial charge is 0.385 e. The maximum Gasteiger partial charge on any atom is 0.325 e. The van der Waals surface area contributed by atoms with Crippen LogP contribution in [0.15, 0.2) is 18.3 Å². The van der Waals surface area contributed by atoms with Crippen molar-refractivity contribution in [1.29, 1.82) is 0 Å². The highest BCUT2D eigenvalue weighted by molar-refractivity contribution is 6.04. The van der Waals surface area contributed by atoms with Crippen molar-refractivity contribution in [3.63, 3.8) is 0 Å². The maximum absolute atomic E-state index is 12.2. The Labute approximate surface area is 124 Å². The summed E-state index contributed by atoms with van der Waals surface area (Å²) in [6.45, 7) is 5.18. The van der Waals surface area contributed by atoms with Crippen molar-refractivity contribution in [2.24, 2.45) is 0 Å². The molecule has 0 bridgehead atoms. The molecule has 1 aliphatic rings. The number of carbonyl (C=O) groups excluding carboxylic acids is 2. The quantitative estimate of drug-likeness (QED) is 0.754. The fraction of sp³-hybridized carbons (Fsp3) is 0.533. The van der Waals surface area contributed by atoms with Gasteiger partial charge >= 0.3 is 6.03 Å². The van der Waals surface area contributed by atoms with Crippen LogP contribution in [0.4, 0.5) is 10.5 Å². The summed E-state index contributed by atoms with van der Waals surface area (Å²) < 4.78 is 0. The molecule has 21 heavy (non-hydrogen) atoms. The second kappa shape index (κ2) is 7.06. The van der Waals surface area contributed by atoms with Crippen molar-refractivity contribution >= 4 is 17.6 Å². The van der Waals surface area contributed by atoms with Crippen molar-refractivity contribution in [2.75, 3.05) is 11.9 Å². The Balaban J connectivity index is 2.04. The number of anilines is 1. The number of amides is 3. The number of hydrogen-bond acceptors (Lipinski definition) is 4. The van der Waals surface area contributed by atoms with E-state index in [1.54, 1.807) is 6.20 Å². The minimum absolute atomic E-state index is 0.157. The van der Waals surface area contributed by atoms with Gasteiger partial charge in [-0.3, -0.25) is 14.7 Å². The summed E-state index contributed by atoms with van der Waals surface area (Å²) in [5, 5.41) is 5.98. The second-order valence-electron chi connectivity index (χ2n) is 5.18. The van der Waals surface area contributed by atoms with Gasteiger partial charge in [0.1, 0.15) is 6.04 Å². The van der Waals surface area contributed by atoms with Gasteiger partial charge in [0.25, 0.3) is 5.91 Å². The number of imide groups is 1. The number of carbonyl (C=O) groups is 2. The van der Waals surface area contributed by atoms with E-state index in [1.807, 2.05) is 19.1 Å². The lowest BCUT2D eigenvalue weighted by Crippen LogP contribution is -2.31. The molecule has 1 aliphatic heterocycles. The highest BCUT2D eigenvalue weighted by atomic mass is 16.2. The van der Waals surface area contributed by atoms with Crippen molar-refractivity contribution in [2.45, 2.75) is 45.7 Å². The van der Waals surface area contributed by atoms with Gasteiger partial charge in [0.15, 0.2) is 0 Å². The van der Waals surface area contributed by atoms with Crippen LogP contribution >= 0.6 is 0 Å². The maximum atomic E-state index is 12.2. The molecule has 2 heterocycles. The van der Waals surface area contributed by atoms with E-state index >= 15 is 0 Å². The second-order valence-corrected chi connectivity index (χ2v) is 5.18. The summed E-state index contributed by atoms with van der Waals surface area (Å²) in [6.07, 6.45) is 4.25. The molecule has 1 saturated heterocycles. The third kappa shape index (κ3) is 3.71. The zero-order valence-corrected chi connectivity index (χ0v) is 12.6. The SMILES string of the molecule is CCCNc1ccnc(CN2C(=O)NC(CCC)C2=O)c1. The van der Waals surface area contributed by atoms with Gasteiger partial charge in [-0.25, -0.2) is 4.79 Å². The van der Waals surface area contributed by atoms with Crippen LogP contribution in [0.1, 0.15) is 38.8 Å². The normalized spacial score (nSPS) is 18.0. The molecule has 1 aromatic heterocycles. The third-order valence-corrected chi connectivity index (χ3v) is 3.40. The fourth-order valence-corrected chi connectivity index (χ4v) is 2.32. The predicted octanol–water partition coefficient (Wildman–Crippen LogP) is 2.12. The monoisotopic (exact) mass is 290 g/mol. The van der Waals surface area contributed by atoms with Gasteiger partial charge in [-0.2, -0.15) is 0 Å². The van der Waals surface area contributed by atoms with Crippen LogP contribution in [0, 0.1) is 0 Å². The fourth-order valence-electron chi connectivity index (χ4n) is 2.32. The molecule has 0 saturated carbocycles. The number of hydrogen-bond donors (Lipinski definition) is 2. The van der Waals surface area contributed by atoms with Crippen LogP contribution in [0.25, 0.3) is 0 Å². The smallest absolute Gasteiger partial charge is 0.325 e. The number of nitrogens with zero attached hydrogens (tertiary/aromatic N) is 2. The van der Waals surface area contributed by atoms with E-state index in [2.05, 4.69) is 22.5 Å².